The summed E-state index contributed by atoms with van der Waals surface area (Å²) in [6.45, 7) is 0. The van der Waals surface area contributed by atoms with E-state index in [0.29, 0.717) is 11.4 Å². The van der Waals surface area contributed by atoms with Crippen molar-refractivity contribution in [3.05, 3.63) is 53.3 Å². The minimum absolute atomic E-state index is 0.0137. The molecule has 24 heavy (non-hydrogen) atoms. The Morgan fingerprint density at radius 1 is 1.21 bits per heavy atom. The second kappa shape index (κ2) is 6.49. The van der Waals surface area contributed by atoms with Crippen molar-refractivity contribution < 1.29 is 18.7 Å². The van der Waals surface area contributed by atoms with Gasteiger partial charge in [-0.1, -0.05) is 11.6 Å². The highest BCUT2D eigenvalue weighted by Crippen LogP contribution is 2.28. The van der Waals surface area contributed by atoms with Gasteiger partial charge in [0.1, 0.15) is 17.6 Å². The van der Waals surface area contributed by atoms with Gasteiger partial charge in [-0.15, -0.1) is 0 Å². The quantitative estimate of drug-likeness (QED) is 0.862. The molecular formula is C17H14ClFN2O3. The van der Waals surface area contributed by atoms with Crippen LogP contribution in [0.3, 0.4) is 0 Å². The highest BCUT2D eigenvalue weighted by atomic mass is 35.5. The van der Waals surface area contributed by atoms with E-state index in [1.165, 1.54) is 12.1 Å². The number of anilines is 2. The summed E-state index contributed by atoms with van der Waals surface area (Å²) in [5, 5.41) is 2.88. The number of carbonyl (C=O) groups is 2. The van der Waals surface area contributed by atoms with E-state index in [2.05, 4.69) is 5.32 Å². The maximum absolute atomic E-state index is 13.3. The van der Waals surface area contributed by atoms with E-state index in [-0.39, 0.29) is 23.0 Å². The zero-order valence-corrected chi connectivity index (χ0v) is 13.5. The number of ether oxygens (including phenoxy) is 1. The van der Waals surface area contributed by atoms with E-state index < -0.39 is 17.8 Å². The number of halogens is 2. The van der Waals surface area contributed by atoms with Crippen molar-refractivity contribution in [2.75, 3.05) is 17.3 Å². The van der Waals surface area contributed by atoms with Gasteiger partial charge >= 0.3 is 0 Å². The summed E-state index contributed by atoms with van der Waals surface area (Å²) >= 11 is 5.73. The first-order chi connectivity index (χ1) is 11.5. The third-order valence-electron chi connectivity index (χ3n) is 3.74. The van der Waals surface area contributed by atoms with Crippen molar-refractivity contribution in [2.45, 2.75) is 12.5 Å². The number of hydrogen-bond donors (Lipinski definition) is 1. The maximum atomic E-state index is 13.3. The fourth-order valence-electron chi connectivity index (χ4n) is 2.53. The molecule has 1 aliphatic rings. The Morgan fingerprint density at radius 3 is 2.54 bits per heavy atom. The molecule has 0 radical (unpaired) electrons. The Balaban J connectivity index is 1.79. The van der Waals surface area contributed by atoms with Crippen molar-refractivity contribution in [3.63, 3.8) is 0 Å². The molecule has 1 saturated heterocycles. The second-order valence-corrected chi connectivity index (χ2v) is 5.70. The number of nitrogens with zero attached hydrogens (tertiary/aromatic N) is 1. The third kappa shape index (κ3) is 3.05. The van der Waals surface area contributed by atoms with Gasteiger partial charge in [-0.3, -0.25) is 9.59 Å². The lowest BCUT2D eigenvalue weighted by Gasteiger charge is -2.16. The minimum Gasteiger partial charge on any atom is -0.497 e. The van der Waals surface area contributed by atoms with Crippen LogP contribution in [0.15, 0.2) is 42.5 Å². The molecule has 1 aliphatic heterocycles. The molecule has 5 nitrogen and oxygen atoms in total. The van der Waals surface area contributed by atoms with Crippen LogP contribution < -0.4 is 15.0 Å². The number of nitrogens with one attached hydrogen (secondary N) is 1. The van der Waals surface area contributed by atoms with Crippen molar-refractivity contribution in [2.24, 2.45) is 0 Å². The lowest BCUT2D eigenvalue weighted by Crippen LogP contribution is -2.34. The predicted octanol–water partition coefficient (Wildman–Crippen LogP) is 3.23. The number of hydrogen-bond acceptors (Lipinski definition) is 4. The molecule has 0 aliphatic carbocycles. The Hall–Kier alpha value is -2.60. The lowest BCUT2D eigenvalue weighted by atomic mass is 10.2. The molecule has 124 valence electrons. The Kier molecular flexibility index (Phi) is 4.40. The summed E-state index contributed by atoms with van der Waals surface area (Å²) in [7, 11) is 1.56. The summed E-state index contributed by atoms with van der Waals surface area (Å²) in [5.41, 5.74) is 0.955. The molecule has 2 aromatic rings. The van der Waals surface area contributed by atoms with Crippen LogP contribution in [0.2, 0.25) is 5.02 Å². The smallest absolute Gasteiger partial charge is 0.256 e. The largest absolute Gasteiger partial charge is 0.497 e. The van der Waals surface area contributed by atoms with Crippen LogP contribution in [0.5, 0.6) is 5.75 Å². The molecule has 0 aromatic heterocycles. The van der Waals surface area contributed by atoms with E-state index in [4.69, 9.17) is 16.3 Å². The van der Waals surface area contributed by atoms with Gasteiger partial charge in [0, 0.05) is 5.69 Å². The van der Waals surface area contributed by atoms with Crippen molar-refractivity contribution in [1.82, 2.24) is 0 Å². The molecule has 1 N–H and O–H groups in total. The van der Waals surface area contributed by atoms with Gasteiger partial charge in [0.15, 0.2) is 0 Å². The Bertz CT molecular complexity index is 795. The molecule has 1 heterocycles. The fraction of sp³-hybridized carbons (Fsp3) is 0.176. The average Bonchev–Trinajstić information content (AvgIpc) is 2.85. The molecule has 0 spiro atoms. The summed E-state index contributed by atoms with van der Waals surface area (Å²) in [6, 6.07) is 10.1. The number of rotatable bonds is 4. The van der Waals surface area contributed by atoms with Gasteiger partial charge in [0.25, 0.3) is 5.91 Å². The molecular weight excluding hydrogens is 335 g/mol. The van der Waals surface area contributed by atoms with E-state index in [9.17, 15) is 14.0 Å². The first kappa shape index (κ1) is 16.3. The van der Waals surface area contributed by atoms with Crippen LogP contribution in [0.4, 0.5) is 15.8 Å². The molecule has 1 atom stereocenters. The molecule has 0 bridgehead atoms. The van der Waals surface area contributed by atoms with Gasteiger partial charge in [-0.2, -0.15) is 0 Å². The first-order valence-electron chi connectivity index (χ1n) is 7.22. The van der Waals surface area contributed by atoms with Crippen LogP contribution in [-0.4, -0.2) is 25.0 Å². The number of methoxy groups -OCH3 is 1. The number of carbonyl (C=O) groups excluding carboxylic acids is 2. The van der Waals surface area contributed by atoms with Gasteiger partial charge in [0.05, 0.1) is 24.2 Å². The van der Waals surface area contributed by atoms with Gasteiger partial charge in [0.2, 0.25) is 5.91 Å². The molecule has 0 saturated carbocycles. The Labute approximate surface area is 143 Å². The summed E-state index contributed by atoms with van der Waals surface area (Å²) in [4.78, 5) is 25.7. The highest BCUT2D eigenvalue weighted by molar-refractivity contribution is 6.31. The Morgan fingerprint density at radius 2 is 1.92 bits per heavy atom. The number of imide groups is 1. The van der Waals surface area contributed by atoms with Gasteiger partial charge in [-0.05, 0) is 42.5 Å². The van der Waals surface area contributed by atoms with Crippen LogP contribution in [0, 0.1) is 5.82 Å². The zero-order chi connectivity index (χ0) is 17.3. The number of amides is 2. The molecule has 2 amide bonds. The van der Waals surface area contributed by atoms with Crippen LogP contribution in [-0.2, 0) is 9.59 Å². The lowest BCUT2D eigenvalue weighted by molar-refractivity contribution is -0.121. The molecule has 1 fully saturated rings. The normalized spacial score (nSPS) is 17.3. The van der Waals surface area contributed by atoms with Gasteiger partial charge in [-0.25, -0.2) is 9.29 Å². The van der Waals surface area contributed by atoms with Crippen molar-refractivity contribution in [3.8, 4) is 5.75 Å². The van der Waals surface area contributed by atoms with Crippen LogP contribution in [0.1, 0.15) is 6.42 Å². The molecule has 3 rings (SSSR count). The van der Waals surface area contributed by atoms with E-state index in [1.54, 1.807) is 31.4 Å². The van der Waals surface area contributed by atoms with Crippen LogP contribution in [0.25, 0.3) is 0 Å². The zero-order valence-electron chi connectivity index (χ0n) is 12.8. The average molecular weight is 349 g/mol. The molecule has 2 aromatic carbocycles. The molecule has 7 heteroatoms. The minimum atomic E-state index is -0.685. The monoisotopic (exact) mass is 348 g/mol. The van der Waals surface area contributed by atoms with E-state index in [1.807, 2.05) is 0 Å². The van der Waals surface area contributed by atoms with Crippen molar-refractivity contribution >= 4 is 34.8 Å². The molecule has 0 unspecified atom stereocenters. The second-order valence-electron chi connectivity index (χ2n) is 5.30. The summed E-state index contributed by atoms with van der Waals surface area (Å²) in [5.74, 6) is -0.684. The van der Waals surface area contributed by atoms with Gasteiger partial charge < -0.3 is 10.1 Å². The maximum Gasteiger partial charge on any atom is 0.256 e. The van der Waals surface area contributed by atoms with Crippen LogP contribution >= 0.6 is 11.6 Å². The first-order valence-corrected chi connectivity index (χ1v) is 7.60. The third-order valence-corrected chi connectivity index (χ3v) is 4.03. The predicted molar refractivity (Wildman–Crippen MR) is 88.9 cm³/mol. The standard InChI is InChI=1S/C17H14ClFN2O3/c1-24-12-5-2-10(3-6-12)20-15-9-16(22)21(17(15)23)11-4-7-14(19)13(18)8-11/h2-8,15,20H,9H2,1H3/t15-/m1/s1. The number of benzene rings is 2. The topological polar surface area (TPSA) is 58.6 Å². The fourth-order valence-corrected chi connectivity index (χ4v) is 2.70. The summed E-state index contributed by atoms with van der Waals surface area (Å²) < 4.78 is 18.3. The van der Waals surface area contributed by atoms with E-state index >= 15 is 0 Å². The summed E-state index contributed by atoms with van der Waals surface area (Å²) in [6.07, 6.45) is 0.0137. The van der Waals surface area contributed by atoms with E-state index in [0.717, 1.165) is 11.0 Å². The van der Waals surface area contributed by atoms with Crippen molar-refractivity contribution in [1.29, 1.82) is 0 Å². The highest BCUT2D eigenvalue weighted by Gasteiger charge is 2.39. The SMILES string of the molecule is COc1ccc(N[C@@H]2CC(=O)N(c3ccc(F)c(Cl)c3)C2=O)cc1.